The molecule has 6 heteroatoms. The molecule has 1 fully saturated rings. The summed E-state index contributed by atoms with van der Waals surface area (Å²) in [7, 11) is 0. The van der Waals surface area contributed by atoms with Crippen LogP contribution in [-0.4, -0.2) is 30.6 Å². The topological polar surface area (TPSA) is 90.7 Å². The van der Waals surface area contributed by atoms with E-state index in [4.69, 9.17) is 15.2 Å². The van der Waals surface area contributed by atoms with Crippen LogP contribution in [-0.2, 0) is 14.3 Å². The summed E-state index contributed by atoms with van der Waals surface area (Å²) < 4.78 is 11.1. The average Bonchev–Trinajstić information content (AvgIpc) is 3.02. The van der Waals surface area contributed by atoms with Gasteiger partial charge in [0.15, 0.2) is 6.61 Å². The summed E-state index contributed by atoms with van der Waals surface area (Å²) in [6.45, 7) is 2.46. The molecule has 2 rings (SSSR count). The molecule has 0 saturated heterocycles. The van der Waals surface area contributed by atoms with Crippen molar-refractivity contribution >= 4 is 17.5 Å². The number of benzene rings is 1. The summed E-state index contributed by atoms with van der Waals surface area (Å²) in [6.07, 6.45) is 4.44. The van der Waals surface area contributed by atoms with Gasteiger partial charge in [-0.25, -0.2) is 0 Å². The number of nitrogens with one attached hydrogen (secondary N) is 1. The van der Waals surface area contributed by atoms with Crippen LogP contribution in [0.15, 0.2) is 24.3 Å². The van der Waals surface area contributed by atoms with Crippen LogP contribution in [0.1, 0.15) is 39.0 Å². The van der Waals surface area contributed by atoms with E-state index in [-0.39, 0.29) is 12.5 Å². The highest BCUT2D eigenvalue weighted by Crippen LogP contribution is 2.34. The summed E-state index contributed by atoms with van der Waals surface area (Å²) in [4.78, 5) is 23.3. The summed E-state index contributed by atoms with van der Waals surface area (Å²) in [5.74, 6) is -0.0903. The molecule has 1 saturated carbocycles. The van der Waals surface area contributed by atoms with Gasteiger partial charge in [0.1, 0.15) is 11.4 Å². The van der Waals surface area contributed by atoms with E-state index in [0.29, 0.717) is 18.0 Å². The lowest BCUT2D eigenvalue weighted by Crippen LogP contribution is -2.43. The van der Waals surface area contributed by atoms with Gasteiger partial charge in [0, 0.05) is 12.3 Å². The fraction of sp³-hybridized carbons (Fsp3) is 0.529. The molecule has 23 heavy (non-hydrogen) atoms. The lowest BCUT2D eigenvalue weighted by atomic mass is 10.0. The van der Waals surface area contributed by atoms with E-state index in [1.54, 1.807) is 24.3 Å². The molecule has 0 aliphatic heterocycles. The van der Waals surface area contributed by atoms with Gasteiger partial charge < -0.3 is 20.5 Å². The zero-order valence-electron chi connectivity index (χ0n) is 13.5. The Balaban J connectivity index is 1.97. The molecule has 2 amide bonds. The zero-order chi connectivity index (χ0) is 16.7. The van der Waals surface area contributed by atoms with E-state index in [0.717, 1.165) is 32.1 Å². The van der Waals surface area contributed by atoms with Crippen LogP contribution in [0, 0.1) is 0 Å². The van der Waals surface area contributed by atoms with Crippen molar-refractivity contribution < 1.29 is 19.1 Å². The van der Waals surface area contributed by atoms with Crippen LogP contribution in [0.5, 0.6) is 5.75 Å². The van der Waals surface area contributed by atoms with Crippen molar-refractivity contribution in [3.05, 3.63) is 24.3 Å². The predicted octanol–water partition coefficient (Wildman–Crippen LogP) is 2.23. The Bertz CT molecular complexity index is 536. The minimum absolute atomic E-state index is 0.0887. The standard InChI is InChI=1S/C17H24N2O4/c1-2-11-23-17(9-3-4-10-17)16(21)19-13-5-7-14(8-6-13)22-12-15(18)20/h5-8H,2-4,9-12H2,1H3,(H2,18,20)(H,19,21). The highest BCUT2D eigenvalue weighted by molar-refractivity contribution is 5.97. The smallest absolute Gasteiger partial charge is 0.256 e. The van der Waals surface area contributed by atoms with Crippen LogP contribution in [0.3, 0.4) is 0 Å². The van der Waals surface area contributed by atoms with Crippen LogP contribution in [0.25, 0.3) is 0 Å². The fourth-order valence-corrected chi connectivity index (χ4v) is 2.71. The van der Waals surface area contributed by atoms with Crippen molar-refractivity contribution in [1.82, 2.24) is 0 Å². The molecule has 0 atom stereocenters. The third kappa shape index (κ3) is 4.69. The molecule has 0 radical (unpaired) electrons. The van der Waals surface area contributed by atoms with Crippen molar-refractivity contribution in [1.29, 1.82) is 0 Å². The normalized spacial score (nSPS) is 16.0. The van der Waals surface area contributed by atoms with E-state index in [1.165, 1.54) is 0 Å². The van der Waals surface area contributed by atoms with Gasteiger partial charge >= 0.3 is 0 Å². The third-order valence-electron chi connectivity index (χ3n) is 3.90. The lowest BCUT2D eigenvalue weighted by Gasteiger charge is -2.28. The Hall–Kier alpha value is -2.08. The van der Waals surface area contributed by atoms with Gasteiger partial charge in [-0.1, -0.05) is 6.92 Å². The maximum absolute atomic E-state index is 12.6. The molecule has 126 valence electrons. The number of amides is 2. The van der Waals surface area contributed by atoms with E-state index in [9.17, 15) is 9.59 Å². The Morgan fingerprint density at radius 3 is 2.43 bits per heavy atom. The van der Waals surface area contributed by atoms with Crippen LogP contribution in [0.2, 0.25) is 0 Å². The monoisotopic (exact) mass is 320 g/mol. The number of carbonyl (C=O) groups excluding carboxylic acids is 2. The number of ether oxygens (including phenoxy) is 2. The van der Waals surface area contributed by atoms with Gasteiger partial charge in [-0.2, -0.15) is 0 Å². The maximum atomic E-state index is 12.6. The first-order valence-corrected chi connectivity index (χ1v) is 8.02. The molecule has 6 nitrogen and oxygen atoms in total. The van der Waals surface area contributed by atoms with Gasteiger partial charge in [0.25, 0.3) is 11.8 Å². The molecule has 0 spiro atoms. The number of hydrogen-bond donors (Lipinski definition) is 2. The average molecular weight is 320 g/mol. The van der Waals surface area contributed by atoms with Gasteiger partial charge in [0.05, 0.1) is 0 Å². The van der Waals surface area contributed by atoms with Gasteiger partial charge in [0.2, 0.25) is 0 Å². The molecule has 0 aromatic heterocycles. The lowest BCUT2D eigenvalue weighted by molar-refractivity contribution is -0.140. The molecule has 1 aliphatic rings. The van der Waals surface area contributed by atoms with Gasteiger partial charge in [-0.05, 0) is 56.4 Å². The minimum atomic E-state index is -0.697. The summed E-state index contributed by atoms with van der Waals surface area (Å²) >= 11 is 0. The molecule has 0 heterocycles. The predicted molar refractivity (Wildman–Crippen MR) is 87.2 cm³/mol. The molecule has 0 unspecified atom stereocenters. The highest BCUT2D eigenvalue weighted by Gasteiger charge is 2.42. The van der Waals surface area contributed by atoms with Crippen molar-refractivity contribution in [2.45, 2.75) is 44.6 Å². The van der Waals surface area contributed by atoms with Gasteiger partial charge in [-0.15, -0.1) is 0 Å². The second-order valence-corrected chi connectivity index (χ2v) is 5.78. The highest BCUT2D eigenvalue weighted by atomic mass is 16.5. The van der Waals surface area contributed by atoms with Crippen LogP contribution >= 0.6 is 0 Å². The molecule has 3 N–H and O–H groups in total. The fourth-order valence-electron chi connectivity index (χ4n) is 2.71. The maximum Gasteiger partial charge on any atom is 0.256 e. The number of hydrogen-bond acceptors (Lipinski definition) is 4. The number of primary amides is 1. The Labute approximate surface area is 136 Å². The van der Waals surface area contributed by atoms with E-state index in [2.05, 4.69) is 5.32 Å². The largest absolute Gasteiger partial charge is 0.484 e. The quantitative estimate of drug-likeness (QED) is 0.768. The van der Waals surface area contributed by atoms with Crippen molar-refractivity contribution in [3.8, 4) is 5.75 Å². The van der Waals surface area contributed by atoms with Crippen molar-refractivity contribution in [2.75, 3.05) is 18.5 Å². The number of nitrogens with two attached hydrogens (primary N) is 1. The third-order valence-corrected chi connectivity index (χ3v) is 3.90. The molecule has 1 aromatic rings. The SMILES string of the molecule is CCCOC1(C(=O)Nc2ccc(OCC(N)=O)cc2)CCCC1. The molecule has 0 bridgehead atoms. The zero-order valence-corrected chi connectivity index (χ0v) is 13.5. The first-order valence-electron chi connectivity index (χ1n) is 8.02. The van der Waals surface area contributed by atoms with Crippen molar-refractivity contribution in [3.63, 3.8) is 0 Å². The number of anilines is 1. The summed E-state index contributed by atoms with van der Waals surface area (Å²) in [6, 6.07) is 6.84. The summed E-state index contributed by atoms with van der Waals surface area (Å²) in [5.41, 5.74) is 5.00. The number of carbonyl (C=O) groups is 2. The molecule has 1 aliphatic carbocycles. The van der Waals surface area contributed by atoms with E-state index < -0.39 is 11.5 Å². The molecular weight excluding hydrogens is 296 g/mol. The Morgan fingerprint density at radius 2 is 1.87 bits per heavy atom. The minimum Gasteiger partial charge on any atom is -0.484 e. The van der Waals surface area contributed by atoms with Crippen molar-refractivity contribution in [2.24, 2.45) is 5.73 Å². The Kier molecular flexibility index (Phi) is 5.98. The van der Waals surface area contributed by atoms with Crippen LogP contribution in [0.4, 0.5) is 5.69 Å². The first-order chi connectivity index (χ1) is 11.1. The second-order valence-electron chi connectivity index (χ2n) is 5.78. The molecule has 1 aromatic carbocycles. The second kappa shape index (κ2) is 7.97. The number of rotatable bonds is 8. The van der Waals surface area contributed by atoms with Gasteiger partial charge in [-0.3, -0.25) is 9.59 Å². The van der Waals surface area contributed by atoms with Crippen LogP contribution < -0.4 is 15.8 Å². The summed E-state index contributed by atoms with van der Waals surface area (Å²) in [5, 5.41) is 2.91. The van der Waals surface area contributed by atoms with E-state index in [1.807, 2.05) is 6.92 Å². The molecular formula is C17H24N2O4. The first kappa shape index (κ1) is 17.3. The Morgan fingerprint density at radius 1 is 1.22 bits per heavy atom. The van der Waals surface area contributed by atoms with E-state index >= 15 is 0 Å².